The van der Waals surface area contributed by atoms with E-state index in [1.54, 1.807) is 30.3 Å². The lowest BCUT2D eigenvalue weighted by molar-refractivity contribution is -0.137. The lowest BCUT2D eigenvalue weighted by Gasteiger charge is -2.17. The van der Waals surface area contributed by atoms with Crippen LogP contribution >= 0.6 is 11.6 Å². The standard InChI is InChI=1S/C26H27ClF3N3O2/c1-2-3-14-35-25(34)31-13-12-17-15-20-22(16-17)32-33(24(20)18-8-10-19(27)11-9-18)23-7-5-4-6-21(23)26(28,29)30/h4-11,17H,2-3,12-16H2,1H3,(H,31,34). The van der Waals surface area contributed by atoms with Gasteiger partial charge in [-0.15, -0.1) is 0 Å². The van der Waals surface area contributed by atoms with Gasteiger partial charge in [-0.3, -0.25) is 0 Å². The number of fused-ring (bicyclic) bond motifs is 1. The van der Waals surface area contributed by atoms with E-state index in [1.165, 1.54) is 16.8 Å². The Morgan fingerprint density at radius 2 is 1.91 bits per heavy atom. The van der Waals surface area contributed by atoms with Crippen molar-refractivity contribution in [1.82, 2.24) is 15.1 Å². The number of unbranched alkanes of at least 4 members (excludes halogenated alkanes) is 1. The van der Waals surface area contributed by atoms with Crippen LogP contribution in [0.15, 0.2) is 48.5 Å². The number of alkyl halides is 3. The lowest BCUT2D eigenvalue weighted by atomic mass is 10.00. The van der Waals surface area contributed by atoms with Crippen molar-refractivity contribution in [3.8, 4) is 16.9 Å². The predicted molar refractivity (Wildman–Crippen MR) is 129 cm³/mol. The van der Waals surface area contributed by atoms with Crippen molar-refractivity contribution in [1.29, 1.82) is 0 Å². The van der Waals surface area contributed by atoms with Crippen LogP contribution in [0, 0.1) is 5.92 Å². The van der Waals surface area contributed by atoms with Crippen LogP contribution in [0.1, 0.15) is 43.0 Å². The number of nitrogens with one attached hydrogen (secondary N) is 1. The number of hydrogen-bond donors (Lipinski definition) is 1. The first-order valence-corrected chi connectivity index (χ1v) is 12.1. The summed E-state index contributed by atoms with van der Waals surface area (Å²) in [6.07, 6.45) is -1.15. The Balaban J connectivity index is 1.59. The van der Waals surface area contributed by atoms with Crippen molar-refractivity contribution in [2.24, 2.45) is 5.92 Å². The van der Waals surface area contributed by atoms with Gasteiger partial charge in [0.15, 0.2) is 0 Å². The first-order valence-electron chi connectivity index (χ1n) is 11.7. The summed E-state index contributed by atoms with van der Waals surface area (Å²) in [5, 5.41) is 7.97. The molecular weight excluding hydrogens is 479 g/mol. The normalized spacial score (nSPS) is 15.2. The van der Waals surface area contributed by atoms with E-state index in [9.17, 15) is 18.0 Å². The van der Waals surface area contributed by atoms with Gasteiger partial charge in [-0.25, -0.2) is 9.48 Å². The lowest BCUT2D eigenvalue weighted by Crippen LogP contribution is -2.27. The highest BCUT2D eigenvalue weighted by Gasteiger charge is 2.36. The molecule has 186 valence electrons. The zero-order chi connectivity index (χ0) is 25.0. The molecule has 0 radical (unpaired) electrons. The number of hydrogen-bond acceptors (Lipinski definition) is 3. The molecule has 1 amide bonds. The Morgan fingerprint density at radius 3 is 2.63 bits per heavy atom. The fraction of sp³-hybridized carbons (Fsp3) is 0.385. The quantitative estimate of drug-likeness (QED) is 0.341. The summed E-state index contributed by atoms with van der Waals surface area (Å²) in [7, 11) is 0. The highest BCUT2D eigenvalue weighted by atomic mass is 35.5. The van der Waals surface area contributed by atoms with Gasteiger partial charge in [0.1, 0.15) is 0 Å². The molecule has 1 aliphatic rings. The number of nitrogens with zero attached hydrogens (tertiary/aromatic N) is 2. The Kier molecular flexibility index (Phi) is 7.69. The minimum atomic E-state index is -4.51. The molecule has 9 heteroatoms. The number of alkyl carbamates (subject to hydrolysis) is 1. The number of aromatic nitrogens is 2. The zero-order valence-corrected chi connectivity index (χ0v) is 20.1. The number of rotatable bonds is 8. The maximum absolute atomic E-state index is 13.8. The van der Waals surface area contributed by atoms with Gasteiger partial charge in [0, 0.05) is 22.7 Å². The number of amides is 1. The van der Waals surface area contributed by atoms with Crippen molar-refractivity contribution < 1.29 is 22.7 Å². The fourth-order valence-electron chi connectivity index (χ4n) is 4.43. The van der Waals surface area contributed by atoms with Crippen LogP contribution in [0.25, 0.3) is 16.9 Å². The molecule has 0 spiro atoms. The highest BCUT2D eigenvalue weighted by Crippen LogP contribution is 2.40. The zero-order valence-electron chi connectivity index (χ0n) is 19.4. The maximum atomic E-state index is 13.8. The molecule has 1 aliphatic carbocycles. The van der Waals surface area contributed by atoms with E-state index in [2.05, 4.69) is 10.4 Å². The van der Waals surface area contributed by atoms with Gasteiger partial charge in [0.25, 0.3) is 0 Å². The summed E-state index contributed by atoms with van der Waals surface area (Å²) in [6, 6.07) is 12.5. The third kappa shape index (κ3) is 5.81. The second-order valence-corrected chi connectivity index (χ2v) is 9.12. The Labute approximate surface area is 207 Å². The van der Waals surface area contributed by atoms with Crippen molar-refractivity contribution in [2.75, 3.05) is 13.2 Å². The molecular formula is C26H27ClF3N3O2. The molecule has 0 saturated heterocycles. The monoisotopic (exact) mass is 505 g/mol. The SMILES string of the molecule is CCCCOC(=O)NCCC1Cc2nn(-c3ccccc3C(F)(F)F)c(-c3ccc(Cl)cc3)c2C1. The smallest absolute Gasteiger partial charge is 0.418 e. The summed E-state index contributed by atoms with van der Waals surface area (Å²) >= 11 is 6.06. The molecule has 0 saturated carbocycles. The topological polar surface area (TPSA) is 56.1 Å². The van der Waals surface area contributed by atoms with Crippen molar-refractivity contribution in [3.63, 3.8) is 0 Å². The summed E-state index contributed by atoms with van der Waals surface area (Å²) in [5.41, 5.74) is 2.36. The Hall–Kier alpha value is -3.00. The predicted octanol–water partition coefficient (Wildman–Crippen LogP) is 6.84. The van der Waals surface area contributed by atoms with Crippen LogP contribution in [0.2, 0.25) is 5.02 Å². The van der Waals surface area contributed by atoms with E-state index in [-0.39, 0.29) is 11.6 Å². The summed E-state index contributed by atoms with van der Waals surface area (Å²) in [5.74, 6) is 0.224. The van der Waals surface area contributed by atoms with E-state index >= 15 is 0 Å². The summed E-state index contributed by atoms with van der Waals surface area (Å²) in [6.45, 7) is 2.89. The Morgan fingerprint density at radius 1 is 1.17 bits per heavy atom. The first kappa shape index (κ1) is 25.1. The van der Waals surface area contributed by atoms with E-state index in [1.807, 2.05) is 6.92 Å². The molecule has 5 nitrogen and oxygen atoms in total. The second-order valence-electron chi connectivity index (χ2n) is 8.69. The fourth-order valence-corrected chi connectivity index (χ4v) is 4.55. The first-order chi connectivity index (χ1) is 16.8. The van der Waals surface area contributed by atoms with Crippen LogP contribution in [0.5, 0.6) is 0 Å². The molecule has 1 atom stereocenters. The van der Waals surface area contributed by atoms with Gasteiger partial charge in [-0.05, 0) is 55.9 Å². The van der Waals surface area contributed by atoms with Crippen LogP contribution < -0.4 is 5.32 Å². The molecule has 1 N–H and O–H groups in total. The molecule has 2 aromatic carbocycles. The number of benzene rings is 2. The van der Waals surface area contributed by atoms with Gasteiger partial charge in [-0.1, -0.05) is 49.2 Å². The van der Waals surface area contributed by atoms with Gasteiger partial charge in [-0.2, -0.15) is 18.3 Å². The number of halogens is 4. The summed E-state index contributed by atoms with van der Waals surface area (Å²) in [4.78, 5) is 11.8. The van der Waals surface area contributed by atoms with Crippen LogP contribution in [-0.4, -0.2) is 29.0 Å². The number of carbonyl (C=O) groups excluding carboxylic acids is 1. The third-order valence-corrected chi connectivity index (χ3v) is 6.40. The van der Waals surface area contributed by atoms with Crippen LogP contribution in [0.4, 0.5) is 18.0 Å². The van der Waals surface area contributed by atoms with Gasteiger partial charge in [0.05, 0.1) is 29.2 Å². The average Bonchev–Trinajstić information content (AvgIpc) is 3.37. The molecule has 0 aliphatic heterocycles. The molecule has 4 rings (SSSR count). The van der Waals surface area contributed by atoms with Gasteiger partial charge >= 0.3 is 12.3 Å². The number of ether oxygens (including phenoxy) is 1. The molecule has 1 heterocycles. The average molecular weight is 506 g/mol. The van der Waals surface area contributed by atoms with E-state index < -0.39 is 17.8 Å². The van der Waals surface area contributed by atoms with E-state index in [0.717, 1.165) is 42.1 Å². The van der Waals surface area contributed by atoms with E-state index in [4.69, 9.17) is 16.3 Å². The largest absolute Gasteiger partial charge is 0.450 e. The van der Waals surface area contributed by atoms with Crippen LogP contribution in [0.3, 0.4) is 0 Å². The molecule has 3 aromatic rings. The van der Waals surface area contributed by atoms with Gasteiger partial charge in [0.2, 0.25) is 0 Å². The van der Waals surface area contributed by atoms with Crippen molar-refractivity contribution in [3.05, 3.63) is 70.4 Å². The van der Waals surface area contributed by atoms with Crippen molar-refractivity contribution in [2.45, 2.75) is 45.2 Å². The minimum absolute atomic E-state index is 0.00705. The molecule has 1 unspecified atom stereocenters. The van der Waals surface area contributed by atoms with Crippen LogP contribution in [-0.2, 0) is 23.8 Å². The van der Waals surface area contributed by atoms with E-state index in [0.29, 0.717) is 36.7 Å². The highest BCUT2D eigenvalue weighted by molar-refractivity contribution is 6.30. The molecule has 0 bridgehead atoms. The summed E-state index contributed by atoms with van der Waals surface area (Å²) < 4.78 is 47.9. The molecule has 0 fully saturated rings. The van der Waals surface area contributed by atoms with Gasteiger partial charge < -0.3 is 10.1 Å². The minimum Gasteiger partial charge on any atom is -0.450 e. The third-order valence-electron chi connectivity index (χ3n) is 6.15. The Bertz CT molecular complexity index is 1180. The number of carbonyl (C=O) groups is 1. The molecule has 35 heavy (non-hydrogen) atoms. The van der Waals surface area contributed by atoms with Crippen molar-refractivity contribution >= 4 is 17.7 Å². The second kappa shape index (κ2) is 10.7. The number of para-hydroxylation sites is 1. The maximum Gasteiger partial charge on any atom is 0.418 e. The molecule has 1 aromatic heterocycles.